The number of anilines is 1. The summed E-state index contributed by atoms with van der Waals surface area (Å²) in [5, 5.41) is 2.65. The van der Waals surface area contributed by atoms with Crippen molar-refractivity contribution in [3.63, 3.8) is 0 Å². The van der Waals surface area contributed by atoms with Gasteiger partial charge in [-0.25, -0.2) is 4.79 Å². The number of ether oxygens (including phenoxy) is 2. The monoisotopic (exact) mass is 378 g/mol. The average Bonchev–Trinajstić information content (AvgIpc) is 2.70. The summed E-state index contributed by atoms with van der Waals surface area (Å²) in [5.74, 6) is -0.0590. The molecule has 1 amide bonds. The van der Waals surface area contributed by atoms with Crippen LogP contribution < -0.4 is 15.6 Å². The number of hydrogen-bond donors (Lipinski definition) is 2. The summed E-state index contributed by atoms with van der Waals surface area (Å²) in [5.41, 5.74) is -0.218. The van der Waals surface area contributed by atoms with Crippen LogP contribution in [0.1, 0.15) is 17.3 Å². The summed E-state index contributed by atoms with van der Waals surface area (Å²) in [4.78, 5) is 38.2. The van der Waals surface area contributed by atoms with E-state index in [1.54, 1.807) is 24.3 Å². The van der Waals surface area contributed by atoms with E-state index in [0.717, 1.165) is 0 Å². The molecule has 2 aromatic carbocycles. The van der Waals surface area contributed by atoms with Crippen molar-refractivity contribution >= 4 is 17.6 Å². The van der Waals surface area contributed by atoms with Crippen molar-refractivity contribution in [3.05, 3.63) is 88.8 Å². The number of aromatic amines is 1. The molecule has 1 heterocycles. The number of pyridine rings is 1. The Bertz CT molecular complexity index is 1010. The van der Waals surface area contributed by atoms with Crippen LogP contribution in [0.15, 0.2) is 77.7 Å². The smallest absolute Gasteiger partial charge is 0.344 e. The lowest BCUT2D eigenvalue weighted by Crippen LogP contribution is -2.31. The fourth-order valence-corrected chi connectivity index (χ4v) is 2.33. The maximum Gasteiger partial charge on any atom is 0.344 e. The van der Waals surface area contributed by atoms with Gasteiger partial charge in [0.1, 0.15) is 17.1 Å². The predicted molar refractivity (Wildman–Crippen MR) is 104 cm³/mol. The Kier molecular flexibility index (Phi) is 5.86. The van der Waals surface area contributed by atoms with Gasteiger partial charge in [0.15, 0.2) is 6.10 Å². The Morgan fingerprint density at radius 3 is 2.29 bits per heavy atom. The molecule has 28 heavy (non-hydrogen) atoms. The number of para-hydroxylation sites is 1. The zero-order chi connectivity index (χ0) is 19.9. The summed E-state index contributed by atoms with van der Waals surface area (Å²) in [6.45, 7) is 1.43. The van der Waals surface area contributed by atoms with Gasteiger partial charge in [-0.15, -0.1) is 0 Å². The number of nitrogens with one attached hydrogen (secondary N) is 2. The second-order valence-electron chi connectivity index (χ2n) is 5.89. The second-order valence-corrected chi connectivity index (χ2v) is 5.89. The van der Waals surface area contributed by atoms with Crippen LogP contribution in [-0.4, -0.2) is 23.0 Å². The minimum atomic E-state index is -1.08. The molecule has 142 valence electrons. The molecule has 0 aliphatic heterocycles. The van der Waals surface area contributed by atoms with E-state index in [2.05, 4.69) is 10.3 Å². The van der Waals surface area contributed by atoms with Crippen molar-refractivity contribution < 1.29 is 19.1 Å². The predicted octanol–water partition coefficient (Wildman–Crippen LogP) is 3.35. The molecule has 0 aliphatic carbocycles. The number of carbonyl (C=O) groups excluding carboxylic acids is 2. The van der Waals surface area contributed by atoms with Gasteiger partial charge < -0.3 is 19.8 Å². The third kappa shape index (κ3) is 4.85. The van der Waals surface area contributed by atoms with E-state index in [4.69, 9.17) is 9.47 Å². The summed E-state index contributed by atoms with van der Waals surface area (Å²) >= 11 is 0. The van der Waals surface area contributed by atoms with Crippen molar-refractivity contribution in [2.45, 2.75) is 13.0 Å². The highest BCUT2D eigenvalue weighted by Crippen LogP contribution is 2.22. The Morgan fingerprint density at radius 2 is 1.61 bits per heavy atom. The first-order valence-electron chi connectivity index (χ1n) is 8.55. The van der Waals surface area contributed by atoms with Crippen LogP contribution in [0.5, 0.6) is 11.5 Å². The van der Waals surface area contributed by atoms with Crippen LogP contribution in [0, 0.1) is 0 Å². The van der Waals surface area contributed by atoms with Crippen molar-refractivity contribution in [1.82, 2.24) is 4.98 Å². The minimum absolute atomic E-state index is 0.162. The molecule has 0 saturated heterocycles. The summed E-state index contributed by atoms with van der Waals surface area (Å²) in [7, 11) is 0. The van der Waals surface area contributed by atoms with E-state index < -0.39 is 23.5 Å². The van der Waals surface area contributed by atoms with E-state index in [-0.39, 0.29) is 5.56 Å². The van der Waals surface area contributed by atoms with Crippen LogP contribution in [0.2, 0.25) is 0 Å². The maximum atomic E-state index is 12.2. The van der Waals surface area contributed by atoms with Crippen LogP contribution in [0.3, 0.4) is 0 Å². The van der Waals surface area contributed by atoms with Crippen LogP contribution in [0.4, 0.5) is 5.69 Å². The molecule has 0 radical (unpaired) electrons. The molecule has 3 aromatic rings. The van der Waals surface area contributed by atoms with Gasteiger partial charge in [0.25, 0.3) is 11.5 Å². The zero-order valence-corrected chi connectivity index (χ0v) is 15.0. The van der Waals surface area contributed by atoms with E-state index in [1.165, 1.54) is 25.3 Å². The number of aromatic nitrogens is 1. The van der Waals surface area contributed by atoms with Gasteiger partial charge in [-0.3, -0.25) is 9.59 Å². The summed E-state index contributed by atoms with van der Waals surface area (Å²) < 4.78 is 10.7. The standard InChI is InChI=1S/C21H18N2O5/c1-14(27-21(26)18-8-5-13-22-20(18)25)19(24)23-15-9-11-17(12-10-15)28-16-6-3-2-4-7-16/h2-14H,1H3,(H,22,25)(H,23,24)/t14-/m0/s1. The number of esters is 1. The largest absolute Gasteiger partial charge is 0.457 e. The highest BCUT2D eigenvalue weighted by atomic mass is 16.5. The number of hydrogen-bond acceptors (Lipinski definition) is 5. The number of amides is 1. The van der Waals surface area contributed by atoms with Gasteiger partial charge in [0.2, 0.25) is 0 Å². The van der Waals surface area contributed by atoms with Gasteiger partial charge in [-0.1, -0.05) is 18.2 Å². The Hall–Kier alpha value is -3.87. The molecule has 7 heteroatoms. The van der Waals surface area contributed by atoms with Crippen LogP contribution >= 0.6 is 0 Å². The third-order valence-electron chi connectivity index (χ3n) is 3.79. The lowest BCUT2D eigenvalue weighted by atomic mass is 10.2. The lowest BCUT2D eigenvalue weighted by molar-refractivity contribution is -0.123. The Labute approximate surface area is 160 Å². The third-order valence-corrected chi connectivity index (χ3v) is 3.79. The molecule has 2 N–H and O–H groups in total. The van der Waals surface area contributed by atoms with E-state index in [9.17, 15) is 14.4 Å². The Morgan fingerprint density at radius 1 is 0.929 bits per heavy atom. The Balaban J connectivity index is 1.57. The van der Waals surface area contributed by atoms with Gasteiger partial charge in [-0.05, 0) is 55.5 Å². The molecule has 0 unspecified atom stereocenters. The SMILES string of the molecule is C[C@H](OC(=O)c1ccc[nH]c1=O)C(=O)Nc1ccc(Oc2ccccc2)cc1. The minimum Gasteiger partial charge on any atom is -0.457 e. The molecule has 0 bridgehead atoms. The first kappa shape index (κ1) is 18.9. The van der Waals surface area contributed by atoms with Crippen LogP contribution in [-0.2, 0) is 9.53 Å². The average molecular weight is 378 g/mol. The van der Waals surface area contributed by atoms with E-state index in [0.29, 0.717) is 17.2 Å². The highest BCUT2D eigenvalue weighted by molar-refractivity contribution is 5.97. The molecular weight excluding hydrogens is 360 g/mol. The highest BCUT2D eigenvalue weighted by Gasteiger charge is 2.20. The normalized spacial score (nSPS) is 11.3. The van der Waals surface area contributed by atoms with E-state index in [1.807, 2.05) is 30.3 Å². The molecular formula is C21H18N2O5. The number of carbonyl (C=O) groups is 2. The van der Waals surface area contributed by atoms with Crippen molar-refractivity contribution in [1.29, 1.82) is 0 Å². The molecule has 1 atom stereocenters. The summed E-state index contributed by atoms with van der Waals surface area (Å²) in [6, 6.07) is 18.9. The van der Waals surface area contributed by atoms with E-state index >= 15 is 0 Å². The molecule has 0 aliphatic rings. The molecule has 7 nitrogen and oxygen atoms in total. The molecule has 3 rings (SSSR count). The molecule has 0 spiro atoms. The molecule has 0 fully saturated rings. The number of benzene rings is 2. The first-order chi connectivity index (χ1) is 13.5. The molecule has 0 saturated carbocycles. The molecule has 1 aromatic heterocycles. The summed E-state index contributed by atoms with van der Waals surface area (Å²) in [6.07, 6.45) is 0.327. The van der Waals surface area contributed by atoms with Crippen LogP contribution in [0.25, 0.3) is 0 Å². The number of rotatable bonds is 6. The maximum absolute atomic E-state index is 12.2. The topological polar surface area (TPSA) is 97.5 Å². The fraction of sp³-hybridized carbons (Fsp3) is 0.0952. The second kappa shape index (κ2) is 8.68. The lowest BCUT2D eigenvalue weighted by Gasteiger charge is -2.13. The fourth-order valence-electron chi connectivity index (χ4n) is 2.33. The van der Waals surface area contributed by atoms with Crippen molar-refractivity contribution in [2.75, 3.05) is 5.32 Å². The quantitative estimate of drug-likeness (QED) is 0.641. The first-order valence-corrected chi connectivity index (χ1v) is 8.55. The van der Waals surface area contributed by atoms with Gasteiger partial charge >= 0.3 is 5.97 Å². The van der Waals surface area contributed by atoms with Gasteiger partial charge in [-0.2, -0.15) is 0 Å². The number of H-pyrrole nitrogens is 1. The zero-order valence-electron chi connectivity index (χ0n) is 15.0. The van der Waals surface area contributed by atoms with Gasteiger partial charge in [0.05, 0.1) is 0 Å². The van der Waals surface area contributed by atoms with Crippen molar-refractivity contribution in [2.24, 2.45) is 0 Å². The van der Waals surface area contributed by atoms with Crippen molar-refractivity contribution in [3.8, 4) is 11.5 Å². The van der Waals surface area contributed by atoms with Gasteiger partial charge in [0, 0.05) is 11.9 Å².